The Balaban J connectivity index is 2.92. The Morgan fingerprint density at radius 1 is 1.33 bits per heavy atom. The van der Waals surface area contributed by atoms with Gasteiger partial charge in [-0.1, -0.05) is 23.9 Å². The molecule has 1 nitrogen and oxygen atoms in total. The highest BCUT2D eigenvalue weighted by Gasteiger charge is 2.29. The van der Waals surface area contributed by atoms with Crippen molar-refractivity contribution >= 4 is 11.8 Å². The maximum absolute atomic E-state index is 13.1. The van der Waals surface area contributed by atoms with Crippen LogP contribution in [-0.2, 0) is 5.92 Å². The molecule has 84 valence electrons. The Hall–Kier alpha value is -0.750. The van der Waals surface area contributed by atoms with Crippen LogP contribution in [0.5, 0.6) is 0 Å². The molecule has 0 aromatic heterocycles. The third-order valence-corrected chi connectivity index (χ3v) is 2.44. The fourth-order valence-corrected chi connectivity index (χ4v) is 1.58. The molecule has 0 aliphatic heterocycles. The van der Waals surface area contributed by atoms with Gasteiger partial charge in [0, 0.05) is 10.5 Å². The zero-order valence-electron chi connectivity index (χ0n) is 7.59. The van der Waals surface area contributed by atoms with Crippen LogP contribution in [0.4, 0.5) is 17.6 Å². The van der Waals surface area contributed by atoms with Crippen LogP contribution < -0.4 is 5.73 Å². The Kier molecular flexibility index (Phi) is 3.98. The SMILES string of the molecule is NCC(F)(F)c1cccc(SC(F)F)c1. The first-order valence-corrected chi connectivity index (χ1v) is 4.97. The molecule has 0 atom stereocenters. The van der Waals surface area contributed by atoms with Crippen LogP contribution in [0.15, 0.2) is 29.2 Å². The van der Waals surface area contributed by atoms with Gasteiger partial charge in [-0.05, 0) is 12.1 Å². The first-order valence-electron chi connectivity index (χ1n) is 4.09. The summed E-state index contributed by atoms with van der Waals surface area (Å²) in [6.45, 7) is -0.838. The first-order chi connectivity index (χ1) is 6.95. The fourth-order valence-electron chi connectivity index (χ4n) is 1.02. The van der Waals surface area contributed by atoms with E-state index in [9.17, 15) is 17.6 Å². The van der Waals surface area contributed by atoms with Crippen LogP contribution >= 0.6 is 11.8 Å². The molecule has 0 saturated heterocycles. The van der Waals surface area contributed by atoms with Gasteiger partial charge in [0.25, 0.3) is 11.7 Å². The summed E-state index contributed by atoms with van der Waals surface area (Å²) >= 11 is 0.232. The molecular formula is C9H9F4NS. The van der Waals surface area contributed by atoms with E-state index in [1.54, 1.807) is 0 Å². The second-order valence-electron chi connectivity index (χ2n) is 2.81. The van der Waals surface area contributed by atoms with Crippen molar-refractivity contribution in [1.82, 2.24) is 0 Å². The molecule has 2 N–H and O–H groups in total. The lowest BCUT2D eigenvalue weighted by Gasteiger charge is -2.14. The Labute approximate surface area is 88.7 Å². The van der Waals surface area contributed by atoms with Crippen molar-refractivity contribution in [2.24, 2.45) is 5.73 Å². The summed E-state index contributed by atoms with van der Waals surface area (Å²) in [5.41, 5.74) is 4.55. The van der Waals surface area contributed by atoms with Gasteiger partial charge in [0.15, 0.2) is 0 Å². The van der Waals surface area contributed by atoms with E-state index in [1.807, 2.05) is 0 Å². The zero-order valence-corrected chi connectivity index (χ0v) is 8.41. The molecule has 0 radical (unpaired) electrons. The fraction of sp³-hybridized carbons (Fsp3) is 0.333. The summed E-state index contributed by atoms with van der Waals surface area (Å²) in [5.74, 6) is -5.79. The first kappa shape index (κ1) is 12.3. The summed E-state index contributed by atoms with van der Waals surface area (Å²) < 4.78 is 50.1. The zero-order chi connectivity index (χ0) is 11.5. The van der Waals surface area contributed by atoms with Crippen LogP contribution in [-0.4, -0.2) is 12.3 Å². The van der Waals surface area contributed by atoms with Gasteiger partial charge in [-0.25, -0.2) is 0 Å². The number of hydrogen-bond donors (Lipinski definition) is 1. The van der Waals surface area contributed by atoms with Gasteiger partial charge < -0.3 is 5.73 Å². The third-order valence-electron chi connectivity index (χ3n) is 1.74. The minimum atomic E-state index is -3.17. The molecule has 0 bridgehead atoms. The maximum atomic E-state index is 13.1. The maximum Gasteiger partial charge on any atom is 0.288 e. The minimum Gasteiger partial charge on any atom is -0.325 e. The van der Waals surface area contributed by atoms with E-state index in [0.29, 0.717) is 0 Å². The van der Waals surface area contributed by atoms with Crippen LogP contribution in [0.3, 0.4) is 0 Å². The number of rotatable bonds is 4. The topological polar surface area (TPSA) is 26.0 Å². The van der Waals surface area contributed by atoms with Crippen LogP contribution in [0.25, 0.3) is 0 Å². The molecule has 6 heteroatoms. The molecule has 0 aliphatic rings. The molecule has 0 aliphatic carbocycles. The Bertz CT molecular complexity index is 330. The van der Waals surface area contributed by atoms with Crippen molar-refractivity contribution in [1.29, 1.82) is 0 Å². The summed E-state index contributed by atoms with van der Waals surface area (Å²) in [6, 6.07) is 4.86. The van der Waals surface area contributed by atoms with Gasteiger partial charge in [0.05, 0.1) is 6.54 Å². The van der Waals surface area contributed by atoms with Gasteiger partial charge >= 0.3 is 0 Å². The van der Waals surface area contributed by atoms with Gasteiger partial charge in [-0.2, -0.15) is 17.6 Å². The summed E-state index contributed by atoms with van der Waals surface area (Å²) in [4.78, 5) is 0.107. The monoisotopic (exact) mass is 239 g/mol. The molecule has 1 rings (SSSR count). The molecule has 1 aromatic carbocycles. The van der Waals surface area contributed by atoms with Crippen molar-refractivity contribution in [3.63, 3.8) is 0 Å². The highest BCUT2D eigenvalue weighted by atomic mass is 32.2. The number of benzene rings is 1. The molecule has 0 spiro atoms. The normalized spacial score (nSPS) is 12.1. The van der Waals surface area contributed by atoms with Crippen molar-refractivity contribution in [3.8, 4) is 0 Å². The highest BCUT2D eigenvalue weighted by Crippen LogP contribution is 2.31. The smallest absolute Gasteiger partial charge is 0.288 e. The van der Waals surface area contributed by atoms with Crippen molar-refractivity contribution in [2.45, 2.75) is 16.6 Å². The summed E-state index contributed by atoms with van der Waals surface area (Å²) in [6.07, 6.45) is 0. The molecule has 15 heavy (non-hydrogen) atoms. The average Bonchev–Trinajstić information content (AvgIpc) is 2.17. The Morgan fingerprint density at radius 3 is 2.53 bits per heavy atom. The van der Waals surface area contributed by atoms with E-state index in [0.717, 1.165) is 6.07 Å². The molecule has 1 aromatic rings. The lowest BCUT2D eigenvalue weighted by molar-refractivity contribution is 0.00573. The largest absolute Gasteiger partial charge is 0.325 e. The molecule has 0 amide bonds. The van der Waals surface area contributed by atoms with E-state index in [2.05, 4.69) is 0 Å². The second-order valence-corrected chi connectivity index (χ2v) is 3.88. The average molecular weight is 239 g/mol. The van der Waals surface area contributed by atoms with Crippen molar-refractivity contribution in [3.05, 3.63) is 29.8 Å². The number of hydrogen-bond acceptors (Lipinski definition) is 2. The minimum absolute atomic E-state index is 0.107. The van der Waals surface area contributed by atoms with E-state index in [4.69, 9.17) is 5.73 Å². The molecule has 0 unspecified atom stereocenters. The number of nitrogens with two attached hydrogens (primary N) is 1. The Morgan fingerprint density at radius 2 is 2.00 bits per heavy atom. The van der Waals surface area contributed by atoms with Gasteiger partial charge in [-0.3, -0.25) is 0 Å². The quantitative estimate of drug-likeness (QED) is 0.645. The molecule has 0 heterocycles. The lowest BCUT2D eigenvalue weighted by atomic mass is 10.1. The van der Waals surface area contributed by atoms with Gasteiger partial charge in [0.2, 0.25) is 0 Å². The number of thioether (sulfide) groups is 1. The predicted molar refractivity (Wildman–Crippen MR) is 51.3 cm³/mol. The number of halogens is 4. The van der Waals surface area contributed by atoms with Gasteiger partial charge in [-0.15, -0.1) is 0 Å². The van der Waals surface area contributed by atoms with E-state index < -0.39 is 18.2 Å². The predicted octanol–water partition coefficient (Wildman–Crippen LogP) is 3.05. The van der Waals surface area contributed by atoms with Crippen molar-refractivity contribution < 1.29 is 17.6 Å². The van der Waals surface area contributed by atoms with Gasteiger partial charge in [0.1, 0.15) is 0 Å². The second kappa shape index (κ2) is 4.85. The highest BCUT2D eigenvalue weighted by molar-refractivity contribution is 7.99. The van der Waals surface area contributed by atoms with Crippen LogP contribution in [0, 0.1) is 0 Å². The lowest BCUT2D eigenvalue weighted by Crippen LogP contribution is -2.24. The van der Waals surface area contributed by atoms with Crippen LogP contribution in [0.1, 0.15) is 5.56 Å². The molecule has 0 fully saturated rings. The van der Waals surface area contributed by atoms with E-state index >= 15 is 0 Å². The molecular weight excluding hydrogens is 230 g/mol. The van der Waals surface area contributed by atoms with E-state index in [-0.39, 0.29) is 22.2 Å². The standard InChI is InChI=1S/C9H9F4NS/c10-8(11)15-7-3-1-2-6(4-7)9(12,13)5-14/h1-4,8H,5,14H2. The van der Waals surface area contributed by atoms with Crippen LogP contribution in [0.2, 0.25) is 0 Å². The van der Waals surface area contributed by atoms with Crippen molar-refractivity contribution in [2.75, 3.05) is 6.54 Å². The summed E-state index contributed by atoms with van der Waals surface area (Å²) in [5, 5.41) is 0. The van der Waals surface area contributed by atoms with E-state index in [1.165, 1.54) is 18.2 Å². The third kappa shape index (κ3) is 3.39. The summed E-state index contributed by atoms with van der Waals surface area (Å²) in [7, 11) is 0. The number of alkyl halides is 4. The molecule has 0 saturated carbocycles.